The molecule has 4 aliphatic carbocycles. The van der Waals surface area contributed by atoms with Gasteiger partial charge in [0, 0.05) is 11.6 Å². The molecule has 8 nitrogen and oxygen atoms in total. The summed E-state index contributed by atoms with van der Waals surface area (Å²) >= 11 is 0. The van der Waals surface area contributed by atoms with Gasteiger partial charge in [-0.25, -0.2) is 19.7 Å². The minimum atomic E-state index is -0.222. The molecule has 0 unspecified atom stereocenters. The molecule has 0 radical (unpaired) electrons. The van der Waals surface area contributed by atoms with Crippen molar-refractivity contribution in [3.63, 3.8) is 0 Å². The second kappa shape index (κ2) is 7.86. The van der Waals surface area contributed by atoms with E-state index in [-0.39, 0.29) is 17.8 Å². The van der Waals surface area contributed by atoms with Gasteiger partial charge in [-0.05, 0) is 86.1 Å². The number of aromatic hydroxyl groups is 1. The molecule has 2 aromatic heterocycles. The summed E-state index contributed by atoms with van der Waals surface area (Å²) in [4.78, 5) is 26.3. The summed E-state index contributed by atoms with van der Waals surface area (Å²) in [5.74, 6) is 3.78. The monoisotopic (exact) mass is 445 g/mol. The Morgan fingerprint density at radius 3 is 2.52 bits per heavy atom. The Kier molecular flexibility index (Phi) is 4.81. The van der Waals surface area contributed by atoms with Gasteiger partial charge in [0.15, 0.2) is 23.0 Å². The predicted octanol–water partition coefficient (Wildman–Crippen LogP) is 4.35. The van der Waals surface area contributed by atoms with E-state index in [0.717, 1.165) is 17.4 Å². The van der Waals surface area contributed by atoms with Crippen molar-refractivity contribution in [3.8, 4) is 22.8 Å². The molecule has 0 atom stereocenters. The van der Waals surface area contributed by atoms with Gasteiger partial charge in [-0.15, -0.1) is 0 Å². The second-order valence-electron chi connectivity index (χ2n) is 9.74. The van der Waals surface area contributed by atoms with Gasteiger partial charge in [-0.3, -0.25) is 5.32 Å². The van der Waals surface area contributed by atoms with Crippen LogP contribution in [-0.2, 0) is 0 Å². The number of urea groups is 1. The summed E-state index contributed by atoms with van der Waals surface area (Å²) in [5, 5.41) is 15.9. The van der Waals surface area contributed by atoms with Gasteiger partial charge < -0.3 is 15.2 Å². The lowest BCUT2D eigenvalue weighted by atomic mass is 9.54. The third-order valence-electron chi connectivity index (χ3n) is 7.65. The lowest BCUT2D eigenvalue weighted by Gasteiger charge is -2.54. The maximum Gasteiger partial charge on any atom is 0.320 e. The number of nitrogens with one attached hydrogen (secondary N) is 2. The van der Waals surface area contributed by atoms with Crippen LogP contribution in [-0.4, -0.2) is 39.2 Å². The van der Waals surface area contributed by atoms with E-state index >= 15 is 0 Å². The Morgan fingerprint density at radius 2 is 1.79 bits per heavy atom. The van der Waals surface area contributed by atoms with E-state index in [1.54, 1.807) is 24.4 Å². The number of methoxy groups -OCH3 is 1. The molecule has 8 heteroatoms. The number of pyridine rings is 1. The van der Waals surface area contributed by atoms with Crippen LogP contribution in [0.25, 0.3) is 22.4 Å². The highest BCUT2D eigenvalue weighted by atomic mass is 16.5. The number of phenolic OH excluding ortho intramolecular Hbond substituents is 1. The van der Waals surface area contributed by atoms with E-state index in [0.29, 0.717) is 40.3 Å². The lowest BCUT2D eigenvalue weighted by molar-refractivity contribution is -0.00883. The molecule has 4 bridgehead atoms. The van der Waals surface area contributed by atoms with Crippen molar-refractivity contribution in [2.75, 3.05) is 12.4 Å². The number of aromatic nitrogens is 3. The van der Waals surface area contributed by atoms with Crippen molar-refractivity contribution in [1.82, 2.24) is 20.3 Å². The Bertz CT molecular complexity index is 1200. The van der Waals surface area contributed by atoms with Crippen LogP contribution in [0.15, 0.2) is 36.5 Å². The zero-order valence-corrected chi connectivity index (χ0v) is 18.5. The number of rotatable bonds is 4. The van der Waals surface area contributed by atoms with Gasteiger partial charge in [0.2, 0.25) is 0 Å². The van der Waals surface area contributed by atoms with Crippen molar-refractivity contribution in [3.05, 3.63) is 36.5 Å². The van der Waals surface area contributed by atoms with Crippen LogP contribution in [0.5, 0.6) is 11.5 Å². The third-order valence-corrected chi connectivity index (χ3v) is 7.65. The maximum absolute atomic E-state index is 12.8. The fourth-order valence-electron chi connectivity index (χ4n) is 6.42. The average molecular weight is 446 g/mol. The molecule has 7 rings (SSSR count). The lowest BCUT2D eigenvalue weighted by Crippen LogP contribution is -2.56. The van der Waals surface area contributed by atoms with Crippen LogP contribution in [0.3, 0.4) is 0 Å². The number of hydrogen-bond donors (Lipinski definition) is 3. The topological polar surface area (TPSA) is 109 Å². The molecule has 3 N–H and O–H groups in total. The zero-order chi connectivity index (χ0) is 22.5. The van der Waals surface area contributed by atoms with Crippen LogP contribution in [0.2, 0.25) is 0 Å². The van der Waals surface area contributed by atoms with Crippen LogP contribution in [0.1, 0.15) is 32.1 Å². The number of carbonyl (C=O) groups excluding carboxylic acids is 1. The Hall–Kier alpha value is -3.42. The molecule has 0 saturated heterocycles. The van der Waals surface area contributed by atoms with E-state index < -0.39 is 0 Å². The summed E-state index contributed by atoms with van der Waals surface area (Å²) in [7, 11) is 1.50. The summed E-state index contributed by atoms with van der Waals surface area (Å²) in [6.45, 7) is 0. The third kappa shape index (κ3) is 3.73. The average Bonchev–Trinajstić information content (AvgIpc) is 2.81. The fraction of sp³-hybridized carbons (Fsp3) is 0.440. The quantitative estimate of drug-likeness (QED) is 0.551. The fourth-order valence-corrected chi connectivity index (χ4v) is 6.42. The van der Waals surface area contributed by atoms with E-state index in [2.05, 4.69) is 25.6 Å². The molecule has 3 aromatic rings. The summed E-state index contributed by atoms with van der Waals surface area (Å²) in [6, 6.07) is 8.77. The van der Waals surface area contributed by atoms with Gasteiger partial charge in [-0.1, -0.05) is 0 Å². The van der Waals surface area contributed by atoms with Crippen molar-refractivity contribution in [2.24, 2.45) is 23.7 Å². The highest BCUT2D eigenvalue weighted by molar-refractivity contribution is 5.89. The summed E-state index contributed by atoms with van der Waals surface area (Å²) in [5.41, 5.74) is 2.53. The van der Waals surface area contributed by atoms with Crippen LogP contribution < -0.4 is 15.4 Å². The van der Waals surface area contributed by atoms with E-state index in [1.165, 1.54) is 39.2 Å². The number of anilines is 1. The second-order valence-corrected chi connectivity index (χ2v) is 9.74. The first-order valence-electron chi connectivity index (χ1n) is 11.6. The van der Waals surface area contributed by atoms with Gasteiger partial charge in [0.25, 0.3) is 0 Å². The molecular weight excluding hydrogens is 418 g/mol. The van der Waals surface area contributed by atoms with Crippen LogP contribution >= 0.6 is 0 Å². The zero-order valence-electron chi connectivity index (χ0n) is 18.5. The number of amides is 2. The van der Waals surface area contributed by atoms with Crippen LogP contribution in [0, 0.1) is 23.7 Å². The predicted molar refractivity (Wildman–Crippen MR) is 124 cm³/mol. The highest BCUT2D eigenvalue weighted by Gasteiger charge is 2.48. The smallest absolute Gasteiger partial charge is 0.320 e. The highest BCUT2D eigenvalue weighted by Crippen LogP contribution is 2.53. The van der Waals surface area contributed by atoms with E-state index in [4.69, 9.17) is 4.74 Å². The van der Waals surface area contributed by atoms with Crippen molar-refractivity contribution < 1.29 is 14.6 Å². The molecule has 33 heavy (non-hydrogen) atoms. The molecular formula is C25H27N5O3. The Morgan fingerprint density at radius 1 is 1.03 bits per heavy atom. The summed E-state index contributed by atoms with van der Waals surface area (Å²) in [6.07, 6.45) is 7.96. The molecule has 4 saturated carbocycles. The molecule has 0 aliphatic heterocycles. The summed E-state index contributed by atoms with van der Waals surface area (Å²) < 4.78 is 5.20. The maximum atomic E-state index is 12.8. The van der Waals surface area contributed by atoms with Crippen molar-refractivity contribution in [1.29, 1.82) is 0 Å². The number of fused-ring (bicyclic) bond motifs is 1. The molecule has 4 fully saturated rings. The first kappa shape index (κ1) is 20.2. The Labute approximate surface area is 191 Å². The molecule has 4 aliphatic rings. The SMILES string of the molecule is COc1cc(-c2ccc3ncc(NC(=O)NC4[C@H]5C[C@@H]6C[C@@H](C[C@H]4C6)C5)nc3n2)ccc1O. The number of benzene rings is 1. The minimum Gasteiger partial charge on any atom is -0.504 e. The number of ether oxygens (including phenoxy) is 1. The van der Waals surface area contributed by atoms with Crippen LogP contribution in [0.4, 0.5) is 10.6 Å². The molecule has 1 aromatic carbocycles. The molecule has 2 heterocycles. The first-order chi connectivity index (χ1) is 16.1. The Balaban J connectivity index is 1.19. The largest absolute Gasteiger partial charge is 0.504 e. The number of hydrogen-bond acceptors (Lipinski definition) is 6. The van der Waals surface area contributed by atoms with E-state index in [1.807, 2.05) is 12.1 Å². The van der Waals surface area contributed by atoms with Gasteiger partial charge in [0.05, 0.1) is 19.0 Å². The van der Waals surface area contributed by atoms with E-state index in [9.17, 15) is 9.90 Å². The molecule has 170 valence electrons. The molecule has 2 amide bonds. The van der Waals surface area contributed by atoms with Gasteiger partial charge in [-0.2, -0.15) is 0 Å². The first-order valence-corrected chi connectivity index (χ1v) is 11.6. The standard InChI is InChI=1S/C25H27N5O3/c1-33-21-11-15(2-5-20(21)31)18-3-4-19-24(27-18)28-22(12-26-19)29-25(32)30-23-16-7-13-6-14(9-16)10-17(23)8-13/h2-5,11-14,16-17,23,31H,6-10H2,1H3,(H2,27,28,29,30,32)/t13-,14+,16-,17+,23?. The number of carbonyl (C=O) groups is 1. The number of phenols is 1. The number of nitrogens with zero attached hydrogens (tertiary/aromatic N) is 3. The van der Waals surface area contributed by atoms with Crippen molar-refractivity contribution >= 4 is 23.0 Å². The molecule has 0 spiro atoms. The van der Waals surface area contributed by atoms with Crippen molar-refractivity contribution in [2.45, 2.75) is 38.1 Å². The minimum absolute atomic E-state index is 0.0680. The normalized spacial score (nSPS) is 27.5. The van der Waals surface area contributed by atoms with Gasteiger partial charge >= 0.3 is 6.03 Å². The van der Waals surface area contributed by atoms with Gasteiger partial charge in [0.1, 0.15) is 5.52 Å².